The third kappa shape index (κ3) is 5.16. The summed E-state index contributed by atoms with van der Waals surface area (Å²) >= 11 is 1.63. The quantitative estimate of drug-likeness (QED) is 0.694. The predicted octanol–water partition coefficient (Wildman–Crippen LogP) is 2.18. The number of hydrogen-bond donors (Lipinski definition) is 1. The van der Waals surface area contributed by atoms with Crippen molar-refractivity contribution in [3.8, 4) is 5.75 Å². The molecule has 0 saturated heterocycles. The van der Waals surface area contributed by atoms with Gasteiger partial charge in [-0.05, 0) is 17.9 Å². The summed E-state index contributed by atoms with van der Waals surface area (Å²) in [7, 11) is 0. The summed E-state index contributed by atoms with van der Waals surface area (Å²) < 4.78 is 5.52. The standard InChI is InChI=1S/C11H19NO2S/c1-2-3-5-12(10-13)6-7-14-11-4-8-15-9-11/h4,8-9,13H,2-3,5-7,10H2,1H3. The zero-order valence-corrected chi connectivity index (χ0v) is 10.0. The van der Waals surface area contributed by atoms with Crippen molar-refractivity contribution >= 4 is 11.3 Å². The zero-order chi connectivity index (χ0) is 10.9. The molecule has 1 aromatic heterocycles. The van der Waals surface area contributed by atoms with Gasteiger partial charge in [-0.15, -0.1) is 11.3 Å². The predicted molar refractivity (Wildman–Crippen MR) is 63.4 cm³/mol. The van der Waals surface area contributed by atoms with Gasteiger partial charge in [0.2, 0.25) is 0 Å². The molecule has 0 radical (unpaired) electrons. The smallest absolute Gasteiger partial charge is 0.130 e. The lowest BCUT2D eigenvalue weighted by molar-refractivity contribution is 0.0907. The highest BCUT2D eigenvalue weighted by atomic mass is 32.1. The molecule has 0 amide bonds. The molecule has 0 unspecified atom stereocenters. The lowest BCUT2D eigenvalue weighted by atomic mass is 10.3. The molecule has 4 heteroatoms. The second kappa shape index (κ2) is 7.68. The highest BCUT2D eigenvalue weighted by Gasteiger charge is 2.02. The molecule has 3 nitrogen and oxygen atoms in total. The first-order chi connectivity index (χ1) is 7.36. The SMILES string of the molecule is CCCCN(CO)CCOc1ccsc1. The number of unbranched alkanes of at least 4 members (excludes halogenated alkanes) is 1. The van der Waals surface area contributed by atoms with Crippen LogP contribution in [0.3, 0.4) is 0 Å². The summed E-state index contributed by atoms with van der Waals surface area (Å²) in [6.45, 7) is 4.64. The van der Waals surface area contributed by atoms with Gasteiger partial charge in [0, 0.05) is 18.5 Å². The zero-order valence-electron chi connectivity index (χ0n) is 9.19. The molecule has 0 aliphatic heterocycles. The van der Waals surface area contributed by atoms with E-state index in [4.69, 9.17) is 9.84 Å². The van der Waals surface area contributed by atoms with Crippen LogP contribution in [0, 0.1) is 0 Å². The molecular formula is C11H19NO2S. The van der Waals surface area contributed by atoms with Gasteiger partial charge in [-0.1, -0.05) is 13.3 Å². The first-order valence-corrected chi connectivity index (χ1v) is 6.29. The molecule has 1 rings (SSSR count). The van der Waals surface area contributed by atoms with Gasteiger partial charge in [0.05, 0.1) is 6.73 Å². The Labute approximate surface area is 95.3 Å². The van der Waals surface area contributed by atoms with Crippen LogP contribution >= 0.6 is 11.3 Å². The summed E-state index contributed by atoms with van der Waals surface area (Å²) in [4.78, 5) is 2.00. The monoisotopic (exact) mass is 229 g/mol. The molecule has 15 heavy (non-hydrogen) atoms. The summed E-state index contributed by atoms with van der Waals surface area (Å²) in [5, 5.41) is 13.1. The minimum absolute atomic E-state index is 0.118. The third-order valence-corrected chi connectivity index (χ3v) is 2.86. The van der Waals surface area contributed by atoms with E-state index < -0.39 is 0 Å². The maximum Gasteiger partial charge on any atom is 0.130 e. The molecule has 0 saturated carbocycles. The van der Waals surface area contributed by atoms with Crippen molar-refractivity contribution in [3.63, 3.8) is 0 Å². The average molecular weight is 229 g/mol. The Balaban J connectivity index is 2.11. The summed E-state index contributed by atoms with van der Waals surface area (Å²) in [6, 6.07) is 1.96. The van der Waals surface area contributed by atoms with E-state index in [1.807, 2.05) is 21.7 Å². The van der Waals surface area contributed by atoms with Gasteiger partial charge in [-0.2, -0.15) is 0 Å². The minimum Gasteiger partial charge on any atom is -0.491 e. The fraction of sp³-hybridized carbons (Fsp3) is 0.636. The Morgan fingerprint density at radius 2 is 2.33 bits per heavy atom. The molecule has 86 valence electrons. The summed E-state index contributed by atoms with van der Waals surface area (Å²) in [5.41, 5.74) is 0. The fourth-order valence-corrected chi connectivity index (χ4v) is 1.83. The Morgan fingerprint density at radius 3 is 2.93 bits per heavy atom. The lowest BCUT2D eigenvalue weighted by Crippen LogP contribution is -2.30. The molecule has 0 atom stereocenters. The van der Waals surface area contributed by atoms with Crippen LogP contribution in [0.5, 0.6) is 5.75 Å². The first-order valence-electron chi connectivity index (χ1n) is 5.35. The molecule has 0 aliphatic rings. The van der Waals surface area contributed by atoms with Crippen molar-refractivity contribution in [2.24, 2.45) is 0 Å². The van der Waals surface area contributed by atoms with E-state index in [0.29, 0.717) is 6.61 Å². The second-order valence-electron chi connectivity index (χ2n) is 3.42. The van der Waals surface area contributed by atoms with Crippen LogP contribution in [-0.4, -0.2) is 36.4 Å². The number of aliphatic hydroxyl groups excluding tert-OH is 1. The molecule has 0 bridgehead atoms. The number of nitrogens with zero attached hydrogens (tertiary/aromatic N) is 1. The molecule has 0 fully saturated rings. The molecule has 0 spiro atoms. The summed E-state index contributed by atoms with van der Waals surface area (Å²) in [6.07, 6.45) is 2.28. The first kappa shape index (κ1) is 12.5. The third-order valence-electron chi connectivity index (χ3n) is 2.20. The van der Waals surface area contributed by atoms with Gasteiger partial charge in [0.15, 0.2) is 0 Å². The van der Waals surface area contributed by atoms with Gasteiger partial charge in [-0.3, -0.25) is 4.90 Å². The number of aliphatic hydroxyl groups is 1. The second-order valence-corrected chi connectivity index (χ2v) is 4.20. The maximum atomic E-state index is 9.08. The van der Waals surface area contributed by atoms with Crippen molar-refractivity contribution < 1.29 is 9.84 Å². The van der Waals surface area contributed by atoms with E-state index in [-0.39, 0.29) is 6.73 Å². The molecule has 1 heterocycles. The van der Waals surface area contributed by atoms with E-state index in [2.05, 4.69) is 6.92 Å². The van der Waals surface area contributed by atoms with Gasteiger partial charge in [0.25, 0.3) is 0 Å². The van der Waals surface area contributed by atoms with Crippen LogP contribution in [0.15, 0.2) is 16.8 Å². The van der Waals surface area contributed by atoms with Crippen LogP contribution in [-0.2, 0) is 0 Å². The van der Waals surface area contributed by atoms with Crippen LogP contribution in [0.25, 0.3) is 0 Å². The van der Waals surface area contributed by atoms with Crippen molar-refractivity contribution in [2.75, 3.05) is 26.4 Å². The Morgan fingerprint density at radius 1 is 1.47 bits per heavy atom. The molecular weight excluding hydrogens is 210 g/mol. The molecule has 1 N–H and O–H groups in total. The average Bonchev–Trinajstić information content (AvgIpc) is 2.76. The fourth-order valence-electron chi connectivity index (χ4n) is 1.26. The minimum atomic E-state index is 0.118. The van der Waals surface area contributed by atoms with E-state index in [1.54, 1.807) is 11.3 Å². The van der Waals surface area contributed by atoms with Gasteiger partial charge < -0.3 is 9.84 Å². The van der Waals surface area contributed by atoms with Crippen molar-refractivity contribution in [3.05, 3.63) is 16.8 Å². The molecule has 0 aromatic carbocycles. The van der Waals surface area contributed by atoms with Crippen LogP contribution in [0.2, 0.25) is 0 Å². The Bertz CT molecular complexity index is 239. The van der Waals surface area contributed by atoms with E-state index in [9.17, 15) is 0 Å². The van der Waals surface area contributed by atoms with Gasteiger partial charge in [0.1, 0.15) is 12.4 Å². The van der Waals surface area contributed by atoms with Gasteiger partial charge >= 0.3 is 0 Å². The largest absolute Gasteiger partial charge is 0.491 e. The van der Waals surface area contributed by atoms with Crippen molar-refractivity contribution in [2.45, 2.75) is 19.8 Å². The molecule has 1 aromatic rings. The number of thiophene rings is 1. The van der Waals surface area contributed by atoms with Crippen LogP contribution in [0.4, 0.5) is 0 Å². The lowest BCUT2D eigenvalue weighted by Gasteiger charge is -2.18. The summed E-state index contributed by atoms with van der Waals surface area (Å²) in [5.74, 6) is 0.924. The van der Waals surface area contributed by atoms with E-state index in [1.165, 1.54) is 0 Å². The van der Waals surface area contributed by atoms with Crippen molar-refractivity contribution in [1.82, 2.24) is 4.90 Å². The Hall–Kier alpha value is -0.580. The normalized spacial score (nSPS) is 10.9. The van der Waals surface area contributed by atoms with Crippen molar-refractivity contribution in [1.29, 1.82) is 0 Å². The molecule has 0 aliphatic carbocycles. The Kier molecular flexibility index (Phi) is 6.39. The number of hydrogen-bond acceptors (Lipinski definition) is 4. The topological polar surface area (TPSA) is 32.7 Å². The highest BCUT2D eigenvalue weighted by Crippen LogP contribution is 2.14. The number of rotatable bonds is 8. The van der Waals surface area contributed by atoms with E-state index >= 15 is 0 Å². The van der Waals surface area contributed by atoms with Gasteiger partial charge in [-0.25, -0.2) is 0 Å². The highest BCUT2D eigenvalue weighted by molar-refractivity contribution is 7.08. The van der Waals surface area contributed by atoms with Crippen LogP contribution < -0.4 is 4.74 Å². The number of ether oxygens (including phenoxy) is 1. The maximum absolute atomic E-state index is 9.08. The van der Waals surface area contributed by atoms with E-state index in [0.717, 1.165) is 31.7 Å². The van der Waals surface area contributed by atoms with Crippen LogP contribution in [0.1, 0.15) is 19.8 Å².